The van der Waals surface area contributed by atoms with Gasteiger partial charge in [0.05, 0.1) is 16.7 Å². The first-order chi connectivity index (χ1) is 20.5. The Morgan fingerprint density at radius 1 is 0.595 bits per heavy atom. The van der Waals surface area contributed by atoms with Crippen molar-refractivity contribution in [2.24, 2.45) is 0 Å². The van der Waals surface area contributed by atoms with Crippen molar-refractivity contribution < 1.29 is 4.42 Å². The molecule has 0 atom stereocenters. The molecule has 3 heteroatoms. The Kier molecular flexibility index (Phi) is 6.51. The first-order valence-electron chi connectivity index (χ1n) is 14.8. The van der Waals surface area contributed by atoms with E-state index in [1.54, 1.807) is 0 Å². The molecule has 0 aliphatic rings. The molecule has 0 saturated heterocycles. The first-order valence-corrected chi connectivity index (χ1v) is 14.8. The second-order valence-electron chi connectivity index (χ2n) is 11.6. The average molecular weight is 547 g/mol. The standard InChI is InChI=1S/C39H34N2O/c1-25(2)31-18-13-19-32(26(3)4)37(31)41-35-21-12-11-20-34(35)40-39(41)30-22-29-24-36(28-16-9-6-10-17-28)42-38(29)33(23-30)27-14-7-5-8-15-27/h5-26H,1-4H3. The van der Waals surface area contributed by atoms with E-state index in [1.807, 2.05) is 18.2 Å². The van der Waals surface area contributed by atoms with Gasteiger partial charge in [-0.15, -0.1) is 0 Å². The minimum atomic E-state index is 0.359. The highest BCUT2D eigenvalue weighted by atomic mass is 16.3. The summed E-state index contributed by atoms with van der Waals surface area (Å²) in [6.07, 6.45) is 0. The number of fused-ring (bicyclic) bond motifs is 2. The maximum absolute atomic E-state index is 6.58. The average Bonchev–Trinajstić information content (AvgIpc) is 3.63. The predicted molar refractivity (Wildman–Crippen MR) is 175 cm³/mol. The highest BCUT2D eigenvalue weighted by Crippen LogP contribution is 2.41. The van der Waals surface area contributed by atoms with Crippen LogP contribution in [-0.2, 0) is 0 Å². The van der Waals surface area contributed by atoms with Gasteiger partial charge in [0.2, 0.25) is 0 Å². The third-order valence-electron chi connectivity index (χ3n) is 8.14. The lowest BCUT2D eigenvalue weighted by Crippen LogP contribution is -2.08. The van der Waals surface area contributed by atoms with Crippen LogP contribution in [0.25, 0.3) is 61.5 Å². The van der Waals surface area contributed by atoms with Crippen molar-refractivity contribution in [3.63, 3.8) is 0 Å². The van der Waals surface area contributed by atoms with Crippen molar-refractivity contribution >= 4 is 22.0 Å². The van der Waals surface area contributed by atoms with Gasteiger partial charge in [0.25, 0.3) is 0 Å². The summed E-state index contributed by atoms with van der Waals surface area (Å²) in [5, 5.41) is 1.06. The molecule has 206 valence electrons. The van der Waals surface area contributed by atoms with Crippen LogP contribution < -0.4 is 0 Å². The zero-order valence-electron chi connectivity index (χ0n) is 24.5. The molecule has 3 nitrogen and oxygen atoms in total. The second-order valence-corrected chi connectivity index (χ2v) is 11.6. The van der Waals surface area contributed by atoms with Crippen LogP contribution >= 0.6 is 0 Å². The number of nitrogens with zero attached hydrogens (tertiary/aromatic N) is 2. The number of furan rings is 1. The van der Waals surface area contributed by atoms with E-state index in [-0.39, 0.29) is 0 Å². The van der Waals surface area contributed by atoms with Gasteiger partial charge in [0.1, 0.15) is 17.2 Å². The van der Waals surface area contributed by atoms with E-state index in [2.05, 4.69) is 135 Å². The van der Waals surface area contributed by atoms with Gasteiger partial charge in [-0.05, 0) is 58.9 Å². The van der Waals surface area contributed by atoms with Crippen molar-refractivity contribution in [1.82, 2.24) is 9.55 Å². The molecule has 0 fully saturated rings. The molecule has 2 aromatic heterocycles. The Morgan fingerprint density at radius 3 is 1.88 bits per heavy atom. The van der Waals surface area contributed by atoms with Crippen LogP contribution in [0.5, 0.6) is 0 Å². The van der Waals surface area contributed by atoms with Crippen LogP contribution in [0.15, 0.2) is 126 Å². The van der Waals surface area contributed by atoms with E-state index in [9.17, 15) is 0 Å². The fourth-order valence-corrected chi connectivity index (χ4v) is 6.07. The number of benzene rings is 5. The van der Waals surface area contributed by atoms with Crippen LogP contribution in [-0.4, -0.2) is 9.55 Å². The van der Waals surface area contributed by atoms with Crippen molar-refractivity contribution in [3.05, 3.63) is 132 Å². The van der Waals surface area contributed by atoms with E-state index in [1.165, 1.54) is 16.8 Å². The normalized spacial score (nSPS) is 11.8. The fourth-order valence-electron chi connectivity index (χ4n) is 6.07. The van der Waals surface area contributed by atoms with Crippen LogP contribution in [0.2, 0.25) is 0 Å². The summed E-state index contributed by atoms with van der Waals surface area (Å²) in [4.78, 5) is 5.30. The van der Waals surface area contributed by atoms with Crippen molar-refractivity contribution in [2.45, 2.75) is 39.5 Å². The summed E-state index contributed by atoms with van der Waals surface area (Å²) >= 11 is 0. The van der Waals surface area contributed by atoms with Crippen molar-refractivity contribution in [1.29, 1.82) is 0 Å². The van der Waals surface area contributed by atoms with Crippen LogP contribution in [0.4, 0.5) is 0 Å². The lowest BCUT2D eigenvalue weighted by molar-refractivity contribution is 0.632. The lowest BCUT2D eigenvalue weighted by atomic mass is 9.92. The molecular formula is C39H34N2O. The molecule has 0 N–H and O–H groups in total. The molecule has 2 heterocycles. The zero-order chi connectivity index (χ0) is 28.8. The highest BCUT2D eigenvalue weighted by molar-refractivity contribution is 5.99. The molecule has 0 amide bonds. The summed E-state index contributed by atoms with van der Waals surface area (Å²) in [5.74, 6) is 2.52. The number of aromatic nitrogens is 2. The van der Waals surface area contributed by atoms with Crippen LogP contribution in [0.1, 0.15) is 50.7 Å². The SMILES string of the molecule is CC(C)c1cccc(C(C)C)c1-n1c(-c2cc(-c3ccccc3)c3oc(-c4ccccc4)cc3c2)nc2ccccc21. The molecule has 7 aromatic rings. The van der Waals surface area contributed by atoms with E-state index in [0.717, 1.165) is 55.8 Å². The number of rotatable bonds is 6. The molecular weight excluding hydrogens is 512 g/mol. The number of hydrogen-bond donors (Lipinski definition) is 0. The van der Waals surface area contributed by atoms with Gasteiger partial charge in [-0.3, -0.25) is 4.57 Å². The maximum atomic E-state index is 6.58. The van der Waals surface area contributed by atoms with Gasteiger partial charge >= 0.3 is 0 Å². The molecule has 0 bridgehead atoms. The minimum Gasteiger partial charge on any atom is -0.455 e. The Labute approximate surface area is 247 Å². The molecule has 7 rings (SSSR count). The third kappa shape index (κ3) is 4.42. The van der Waals surface area contributed by atoms with Gasteiger partial charge < -0.3 is 4.42 Å². The summed E-state index contributed by atoms with van der Waals surface area (Å²) in [6.45, 7) is 9.10. The largest absolute Gasteiger partial charge is 0.455 e. The summed E-state index contributed by atoms with van der Waals surface area (Å²) in [5.41, 5.74) is 11.2. The Hall–Kier alpha value is -4.89. The Morgan fingerprint density at radius 2 is 1.21 bits per heavy atom. The van der Waals surface area contributed by atoms with Crippen LogP contribution in [0, 0.1) is 0 Å². The predicted octanol–water partition coefficient (Wildman–Crippen LogP) is 11.0. The Bertz CT molecular complexity index is 2000. The number of imidazole rings is 1. The monoisotopic (exact) mass is 546 g/mol. The summed E-state index contributed by atoms with van der Waals surface area (Å²) < 4.78 is 8.98. The van der Waals surface area contributed by atoms with Crippen molar-refractivity contribution in [3.8, 4) is 39.5 Å². The molecule has 0 saturated carbocycles. The quantitative estimate of drug-likeness (QED) is 0.208. The topological polar surface area (TPSA) is 31.0 Å². The van der Waals surface area contributed by atoms with E-state index >= 15 is 0 Å². The molecule has 42 heavy (non-hydrogen) atoms. The van der Waals surface area contributed by atoms with E-state index < -0.39 is 0 Å². The molecule has 0 aliphatic heterocycles. The van der Waals surface area contributed by atoms with Gasteiger partial charge in [-0.2, -0.15) is 0 Å². The molecule has 0 spiro atoms. The van der Waals surface area contributed by atoms with Gasteiger partial charge in [0, 0.05) is 22.1 Å². The smallest absolute Gasteiger partial charge is 0.145 e. The van der Waals surface area contributed by atoms with Gasteiger partial charge in [-0.25, -0.2) is 4.98 Å². The van der Waals surface area contributed by atoms with Gasteiger partial charge in [-0.1, -0.05) is 119 Å². The Balaban J connectivity index is 1.56. The molecule has 0 unspecified atom stereocenters. The summed E-state index contributed by atoms with van der Waals surface area (Å²) in [7, 11) is 0. The van der Waals surface area contributed by atoms with Crippen molar-refractivity contribution in [2.75, 3.05) is 0 Å². The van der Waals surface area contributed by atoms with E-state index in [4.69, 9.17) is 9.40 Å². The third-order valence-corrected chi connectivity index (χ3v) is 8.14. The van der Waals surface area contributed by atoms with Gasteiger partial charge in [0.15, 0.2) is 0 Å². The van der Waals surface area contributed by atoms with Crippen LogP contribution in [0.3, 0.4) is 0 Å². The highest BCUT2D eigenvalue weighted by Gasteiger charge is 2.23. The zero-order valence-corrected chi connectivity index (χ0v) is 24.5. The lowest BCUT2D eigenvalue weighted by Gasteiger charge is -2.22. The number of hydrogen-bond acceptors (Lipinski definition) is 2. The molecule has 0 aliphatic carbocycles. The van der Waals surface area contributed by atoms with E-state index in [0.29, 0.717) is 11.8 Å². The maximum Gasteiger partial charge on any atom is 0.145 e. The molecule has 0 radical (unpaired) electrons. The second kappa shape index (κ2) is 10.5. The summed E-state index contributed by atoms with van der Waals surface area (Å²) in [6, 6.07) is 42.7. The number of para-hydroxylation sites is 3. The fraction of sp³-hybridized carbons (Fsp3) is 0.154. The molecule has 5 aromatic carbocycles. The first kappa shape index (κ1) is 26.0. The minimum absolute atomic E-state index is 0.359.